The summed E-state index contributed by atoms with van der Waals surface area (Å²) in [7, 11) is 7.62. The Hall–Kier alpha value is -8.22. The first-order valence-corrected chi connectivity index (χ1v) is 28.4. The van der Waals surface area contributed by atoms with Crippen LogP contribution in [0.2, 0.25) is 0 Å². The quantitative estimate of drug-likeness (QED) is 0.128. The van der Waals surface area contributed by atoms with Gasteiger partial charge in [-0.25, -0.2) is 29.3 Å². The molecule has 4 aliphatic heterocycles. The van der Waals surface area contributed by atoms with E-state index in [-0.39, 0.29) is 29.7 Å². The first kappa shape index (κ1) is 50.7. The van der Waals surface area contributed by atoms with Crippen molar-refractivity contribution >= 4 is 55.6 Å². The van der Waals surface area contributed by atoms with Gasteiger partial charge in [0.25, 0.3) is 0 Å². The van der Waals surface area contributed by atoms with E-state index < -0.39 is 0 Å². The number of morpholine rings is 2. The van der Waals surface area contributed by atoms with Gasteiger partial charge in [0.1, 0.15) is 28.4 Å². The number of nitrogens with zero attached hydrogens (tertiary/aromatic N) is 18. The van der Waals surface area contributed by atoms with Crippen molar-refractivity contribution in [3.63, 3.8) is 0 Å². The third-order valence-electron chi connectivity index (χ3n) is 17.6. The zero-order valence-electron chi connectivity index (χ0n) is 46.7. The first-order valence-electron chi connectivity index (χ1n) is 28.4. The molecule has 4 saturated heterocycles. The van der Waals surface area contributed by atoms with E-state index in [4.69, 9.17) is 59.0 Å². The van der Waals surface area contributed by atoms with Crippen LogP contribution < -0.4 is 14.5 Å². The SMILES string of the molecule is COCCN1CCN(c2nc3c(N4C[C@H]5C[C@@H]4CO5)nc(-n4ncc5c(CC6CC6c6nc(-n7ncc8c(C)nc(-c9cnccc9OC)cc87)cc7c6nc(CN6CCOCC6)n7C)nc(-c6cnccc6O)cc54)cc3n2C)CC1. The molecule has 420 valence electrons. The molecule has 5 aliphatic rings. The molecule has 10 aromatic rings. The van der Waals surface area contributed by atoms with Gasteiger partial charge in [0.15, 0.2) is 17.5 Å². The van der Waals surface area contributed by atoms with Crippen LogP contribution in [0.1, 0.15) is 41.7 Å². The lowest BCUT2D eigenvalue weighted by molar-refractivity contribution is 0.0328. The van der Waals surface area contributed by atoms with Crippen LogP contribution in [0.3, 0.4) is 0 Å². The molecule has 2 unspecified atom stereocenters. The number of fused-ring (bicyclic) bond motifs is 6. The van der Waals surface area contributed by atoms with Crippen molar-refractivity contribution in [3.05, 3.63) is 96.5 Å². The van der Waals surface area contributed by atoms with Crippen molar-refractivity contribution in [2.75, 3.05) is 103 Å². The lowest BCUT2D eigenvalue weighted by Gasteiger charge is -2.35. The highest BCUT2D eigenvalue weighted by atomic mass is 16.5. The average molecular weight is 1110 g/mol. The summed E-state index contributed by atoms with van der Waals surface area (Å²) in [5.74, 6) is 5.05. The minimum atomic E-state index is 0.0511. The van der Waals surface area contributed by atoms with Crippen molar-refractivity contribution < 1.29 is 24.1 Å². The third kappa shape index (κ3) is 8.75. The fourth-order valence-electron chi connectivity index (χ4n) is 13.0. The Morgan fingerprint density at radius 2 is 1.44 bits per heavy atom. The summed E-state index contributed by atoms with van der Waals surface area (Å²) in [4.78, 5) is 50.7. The van der Waals surface area contributed by atoms with E-state index in [2.05, 4.69) is 64.9 Å². The molecule has 0 radical (unpaired) electrons. The summed E-state index contributed by atoms with van der Waals surface area (Å²) < 4.78 is 31.3. The van der Waals surface area contributed by atoms with Gasteiger partial charge in [-0.05, 0) is 56.4 Å². The molecule has 15 rings (SSSR count). The van der Waals surface area contributed by atoms with Crippen LogP contribution in [0.4, 0.5) is 11.8 Å². The fourth-order valence-corrected chi connectivity index (χ4v) is 13.0. The van der Waals surface area contributed by atoms with Crippen molar-refractivity contribution in [1.82, 2.24) is 78.4 Å². The zero-order chi connectivity index (χ0) is 55.3. The number of ether oxygens (including phenoxy) is 4. The smallest absolute Gasteiger partial charge is 0.206 e. The number of aromatic nitrogens is 14. The van der Waals surface area contributed by atoms with Crippen LogP contribution >= 0.6 is 0 Å². The standard InChI is InChI=1S/C59H64N18O5/c1-34-39-29-62-76(46(39)24-45(64-34)42-28-61-9-7-51(42)80-5)52-25-48-56(67-54(70(48)2)32-73-15-18-81-19-16-73)55(66-52)38-20-35(38)21-43-40-30-63-77(47(40)23-44(65-43)41-27-60-8-6-50(41)78)53-26-49-57(58(68-53)75-31-37-22-36(75)33-82-37)69-59(71(49)3)74-12-10-72(11-13-74)14-17-79-4/h6-9,23-30,35-38H,10-22,31-33H2,1-5H3,(H,60,78)/t35?,36-,37-,38?/m1/s1. The summed E-state index contributed by atoms with van der Waals surface area (Å²) >= 11 is 0. The van der Waals surface area contributed by atoms with Crippen LogP contribution in [0, 0.1) is 12.8 Å². The predicted molar refractivity (Wildman–Crippen MR) is 308 cm³/mol. The summed E-state index contributed by atoms with van der Waals surface area (Å²) in [6.45, 7) is 12.4. The third-order valence-corrected chi connectivity index (χ3v) is 17.6. The highest BCUT2D eigenvalue weighted by Gasteiger charge is 2.44. The maximum Gasteiger partial charge on any atom is 0.206 e. The number of methoxy groups -OCH3 is 2. The van der Waals surface area contributed by atoms with Gasteiger partial charge in [-0.15, -0.1) is 0 Å². The normalized spacial score (nSPS) is 20.5. The van der Waals surface area contributed by atoms with Gasteiger partial charge >= 0.3 is 0 Å². The van der Waals surface area contributed by atoms with Crippen LogP contribution in [-0.2, 0) is 41.3 Å². The average Bonchev–Trinajstić information content (AvgIpc) is 4.40. The second kappa shape index (κ2) is 20.3. The number of rotatable bonds is 15. The second-order valence-corrected chi connectivity index (χ2v) is 22.5. The van der Waals surface area contributed by atoms with Crippen molar-refractivity contribution in [2.45, 2.75) is 50.8 Å². The Bertz CT molecular complexity index is 4100. The zero-order valence-corrected chi connectivity index (χ0v) is 46.7. The molecule has 14 heterocycles. The van der Waals surface area contributed by atoms with E-state index in [0.717, 1.165) is 155 Å². The molecule has 0 aromatic carbocycles. The van der Waals surface area contributed by atoms with Gasteiger partial charge in [0.2, 0.25) is 5.95 Å². The molecule has 1 saturated carbocycles. The number of hydrogen-bond donors (Lipinski definition) is 1. The number of pyridine rings is 6. The molecule has 1 N–H and O–H groups in total. The van der Waals surface area contributed by atoms with Crippen molar-refractivity contribution in [1.29, 1.82) is 0 Å². The minimum Gasteiger partial charge on any atom is -0.507 e. The molecular weight excluding hydrogens is 1040 g/mol. The van der Waals surface area contributed by atoms with Gasteiger partial charge in [0, 0.05) is 133 Å². The topological polar surface area (TPSA) is 219 Å². The molecule has 2 bridgehead atoms. The Morgan fingerprint density at radius 3 is 2.18 bits per heavy atom. The Labute approximate surface area is 472 Å². The largest absolute Gasteiger partial charge is 0.507 e. The Kier molecular flexibility index (Phi) is 12.6. The van der Waals surface area contributed by atoms with Gasteiger partial charge < -0.3 is 43.0 Å². The van der Waals surface area contributed by atoms with E-state index >= 15 is 0 Å². The number of aromatic hydroxyl groups is 1. The maximum absolute atomic E-state index is 11.4. The van der Waals surface area contributed by atoms with Gasteiger partial charge in [-0.3, -0.25) is 29.7 Å². The highest BCUT2D eigenvalue weighted by Crippen LogP contribution is 2.51. The number of hydrogen-bond acceptors (Lipinski definition) is 19. The number of anilines is 2. The van der Waals surface area contributed by atoms with Crippen molar-refractivity contribution in [3.8, 4) is 45.6 Å². The highest BCUT2D eigenvalue weighted by molar-refractivity contribution is 5.93. The molecule has 0 spiro atoms. The summed E-state index contributed by atoms with van der Waals surface area (Å²) in [6, 6.07) is 11.9. The lowest BCUT2D eigenvalue weighted by atomic mass is 10.1. The van der Waals surface area contributed by atoms with Gasteiger partial charge in [-0.2, -0.15) is 10.2 Å². The van der Waals surface area contributed by atoms with Crippen LogP contribution in [0.5, 0.6) is 11.5 Å². The van der Waals surface area contributed by atoms with E-state index in [1.54, 1.807) is 45.1 Å². The monoisotopic (exact) mass is 1100 g/mol. The molecule has 1 aliphatic carbocycles. The van der Waals surface area contributed by atoms with Gasteiger partial charge in [0.05, 0.1) is 121 Å². The van der Waals surface area contributed by atoms with Crippen molar-refractivity contribution in [2.24, 2.45) is 20.0 Å². The molecule has 4 atom stereocenters. The van der Waals surface area contributed by atoms with E-state index in [1.807, 2.05) is 46.9 Å². The van der Waals surface area contributed by atoms with E-state index in [9.17, 15) is 5.11 Å². The number of aryl methyl sites for hydroxylation is 3. The Balaban J connectivity index is 0.825. The van der Waals surface area contributed by atoms with E-state index in [1.165, 1.54) is 0 Å². The minimum absolute atomic E-state index is 0.0511. The molecular formula is C59H64N18O5. The predicted octanol–water partition coefficient (Wildman–Crippen LogP) is 5.79. The first-order chi connectivity index (χ1) is 40.2. The molecule has 23 nitrogen and oxygen atoms in total. The van der Waals surface area contributed by atoms with Gasteiger partial charge in [-0.1, -0.05) is 0 Å². The molecule has 10 aromatic heterocycles. The van der Waals surface area contributed by atoms with Crippen LogP contribution in [-0.4, -0.2) is 189 Å². The Morgan fingerprint density at radius 1 is 0.707 bits per heavy atom. The summed E-state index contributed by atoms with van der Waals surface area (Å²) in [6.07, 6.45) is 13.1. The molecule has 5 fully saturated rings. The van der Waals surface area contributed by atoms with E-state index in [0.29, 0.717) is 68.0 Å². The van der Waals surface area contributed by atoms with Crippen LogP contribution in [0.15, 0.2) is 73.6 Å². The maximum atomic E-state index is 11.4. The summed E-state index contributed by atoms with van der Waals surface area (Å²) in [5, 5.41) is 23.3. The molecule has 82 heavy (non-hydrogen) atoms. The molecule has 23 heteroatoms. The number of imidazole rings is 2. The summed E-state index contributed by atoms with van der Waals surface area (Å²) in [5.41, 5.74) is 10.6. The van der Waals surface area contributed by atoms with Crippen LogP contribution in [0.25, 0.3) is 78.0 Å². The molecule has 0 amide bonds. The number of piperazine rings is 1. The lowest BCUT2D eigenvalue weighted by Crippen LogP contribution is -2.48. The second-order valence-electron chi connectivity index (χ2n) is 22.5. The fraction of sp³-hybridized carbons (Fsp3) is 0.424.